The first kappa shape index (κ1) is 17.6. The summed E-state index contributed by atoms with van der Waals surface area (Å²) in [6, 6.07) is 13.6. The van der Waals surface area contributed by atoms with Gasteiger partial charge in [-0.15, -0.1) is 0 Å². The van der Waals surface area contributed by atoms with Crippen molar-refractivity contribution in [3.63, 3.8) is 0 Å². The van der Waals surface area contributed by atoms with Gasteiger partial charge in [-0.1, -0.05) is 47.1 Å². The van der Waals surface area contributed by atoms with E-state index in [0.717, 1.165) is 11.1 Å². The average Bonchev–Trinajstić information content (AvgIpc) is 3.34. The molecule has 0 atom stereocenters. The summed E-state index contributed by atoms with van der Waals surface area (Å²) in [5.41, 5.74) is 3.26. The van der Waals surface area contributed by atoms with E-state index in [9.17, 15) is 9.18 Å². The van der Waals surface area contributed by atoms with E-state index in [0.29, 0.717) is 16.8 Å². The lowest BCUT2D eigenvalue weighted by Gasteiger charge is -2.01. The topological polar surface area (TPSA) is 94.1 Å². The molecular formula is C20H15FN4O3. The summed E-state index contributed by atoms with van der Waals surface area (Å²) in [5.74, 6) is -0.469. The van der Waals surface area contributed by atoms with Gasteiger partial charge in [-0.2, -0.15) is 0 Å². The second kappa shape index (κ2) is 7.07. The zero-order chi connectivity index (χ0) is 19.7. The van der Waals surface area contributed by atoms with Crippen LogP contribution in [0.15, 0.2) is 57.7 Å². The molecule has 4 rings (SSSR count). The van der Waals surface area contributed by atoms with Crippen molar-refractivity contribution in [1.82, 2.24) is 15.5 Å². The molecule has 4 aromatic rings. The Morgan fingerprint density at radius 1 is 0.964 bits per heavy atom. The third-order valence-electron chi connectivity index (χ3n) is 4.24. The minimum atomic E-state index is -0.549. The van der Waals surface area contributed by atoms with Crippen LogP contribution in [0, 0.1) is 19.7 Å². The van der Waals surface area contributed by atoms with Gasteiger partial charge < -0.3 is 9.84 Å². The standard InChI is InChI=1S/C20H15FN4O3/c1-11-3-6-13(7-4-11)18-19(25-28-24-18)22-20(26)16-10-17(27-23-16)14-8-5-12(2)15(21)9-14/h3-10H,1-2H3,(H,22,25,26). The summed E-state index contributed by atoms with van der Waals surface area (Å²) in [4.78, 5) is 12.5. The van der Waals surface area contributed by atoms with Gasteiger partial charge in [0, 0.05) is 17.2 Å². The number of nitrogens with zero attached hydrogens (tertiary/aromatic N) is 3. The van der Waals surface area contributed by atoms with E-state index in [4.69, 9.17) is 9.15 Å². The minimum absolute atomic E-state index is 0.0221. The van der Waals surface area contributed by atoms with Crippen LogP contribution >= 0.6 is 0 Å². The molecule has 2 aromatic carbocycles. The second-order valence-electron chi connectivity index (χ2n) is 6.32. The maximum absolute atomic E-state index is 13.7. The zero-order valence-corrected chi connectivity index (χ0v) is 15.1. The monoisotopic (exact) mass is 378 g/mol. The van der Waals surface area contributed by atoms with Gasteiger partial charge in [0.05, 0.1) is 0 Å². The minimum Gasteiger partial charge on any atom is -0.355 e. The van der Waals surface area contributed by atoms with Gasteiger partial charge in [-0.05, 0) is 35.8 Å². The van der Waals surface area contributed by atoms with Gasteiger partial charge in [-0.3, -0.25) is 4.79 Å². The molecule has 0 spiro atoms. The number of nitrogens with one attached hydrogen (secondary N) is 1. The lowest BCUT2D eigenvalue weighted by Crippen LogP contribution is -2.13. The molecule has 8 heteroatoms. The zero-order valence-electron chi connectivity index (χ0n) is 15.1. The van der Waals surface area contributed by atoms with E-state index in [1.165, 1.54) is 12.1 Å². The number of aromatic nitrogens is 3. The summed E-state index contributed by atoms with van der Waals surface area (Å²) in [7, 11) is 0. The molecule has 2 aromatic heterocycles. The molecule has 0 aliphatic rings. The van der Waals surface area contributed by atoms with E-state index in [2.05, 4.69) is 20.8 Å². The van der Waals surface area contributed by atoms with E-state index < -0.39 is 5.91 Å². The predicted octanol–water partition coefficient (Wildman–Crippen LogP) is 4.40. The van der Waals surface area contributed by atoms with Gasteiger partial charge in [0.1, 0.15) is 5.82 Å². The molecule has 28 heavy (non-hydrogen) atoms. The van der Waals surface area contributed by atoms with Crippen LogP contribution in [0.1, 0.15) is 21.6 Å². The molecule has 0 bridgehead atoms. The van der Waals surface area contributed by atoms with Crippen molar-refractivity contribution in [2.24, 2.45) is 0 Å². The van der Waals surface area contributed by atoms with Crippen molar-refractivity contribution in [1.29, 1.82) is 0 Å². The Hall–Kier alpha value is -3.81. The van der Waals surface area contributed by atoms with Crippen LogP contribution in [0.4, 0.5) is 10.2 Å². The van der Waals surface area contributed by atoms with E-state index in [1.54, 1.807) is 19.1 Å². The predicted molar refractivity (Wildman–Crippen MR) is 99.1 cm³/mol. The Bertz CT molecular complexity index is 1150. The Labute approximate surface area is 159 Å². The van der Waals surface area contributed by atoms with Crippen molar-refractivity contribution in [2.45, 2.75) is 13.8 Å². The first-order chi connectivity index (χ1) is 13.5. The number of anilines is 1. The van der Waals surface area contributed by atoms with Crippen LogP contribution in [0.3, 0.4) is 0 Å². The number of amides is 1. The highest BCUT2D eigenvalue weighted by Gasteiger charge is 2.19. The van der Waals surface area contributed by atoms with E-state index >= 15 is 0 Å². The summed E-state index contributed by atoms with van der Waals surface area (Å²) in [5, 5.41) is 13.9. The summed E-state index contributed by atoms with van der Waals surface area (Å²) < 4.78 is 23.7. The Balaban J connectivity index is 1.55. The van der Waals surface area contributed by atoms with Crippen LogP contribution in [-0.2, 0) is 0 Å². The summed E-state index contributed by atoms with van der Waals surface area (Å²) in [6.45, 7) is 3.63. The van der Waals surface area contributed by atoms with Gasteiger partial charge in [-0.25, -0.2) is 9.02 Å². The van der Waals surface area contributed by atoms with E-state index in [1.807, 2.05) is 31.2 Å². The Morgan fingerprint density at radius 3 is 2.46 bits per heavy atom. The molecule has 1 amide bonds. The maximum Gasteiger partial charge on any atom is 0.279 e. The largest absolute Gasteiger partial charge is 0.355 e. The first-order valence-electron chi connectivity index (χ1n) is 8.45. The summed E-state index contributed by atoms with van der Waals surface area (Å²) in [6.07, 6.45) is 0. The number of carbonyl (C=O) groups excluding carboxylic acids is 1. The van der Waals surface area contributed by atoms with Gasteiger partial charge in [0.2, 0.25) is 5.82 Å². The van der Waals surface area contributed by atoms with Gasteiger partial charge in [0.15, 0.2) is 17.1 Å². The van der Waals surface area contributed by atoms with Crippen LogP contribution in [0.5, 0.6) is 0 Å². The number of halogens is 1. The molecule has 0 radical (unpaired) electrons. The fourth-order valence-electron chi connectivity index (χ4n) is 2.61. The molecule has 0 saturated carbocycles. The quantitative estimate of drug-likeness (QED) is 0.566. The Kier molecular flexibility index (Phi) is 4.44. The number of aryl methyl sites for hydroxylation is 2. The average molecular weight is 378 g/mol. The smallest absolute Gasteiger partial charge is 0.279 e. The third-order valence-corrected chi connectivity index (χ3v) is 4.24. The first-order valence-corrected chi connectivity index (χ1v) is 8.45. The van der Waals surface area contributed by atoms with Crippen molar-refractivity contribution < 1.29 is 18.3 Å². The van der Waals surface area contributed by atoms with Crippen LogP contribution in [0.25, 0.3) is 22.6 Å². The number of benzene rings is 2. The molecule has 7 nitrogen and oxygen atoms in total. The molecule has 0 saturated heterocycles. The van der Waals surface area contributed by atoms with Crippen molar-refractivity contribution in [3.05, 3.63) is 71.2 Å². The molecule has 140 valence electrons. The number of rotatable bonds is 4. The number of hydrogen-bond acceptors (Lipinski definition) is 6. The van der Waals surface area contributed by atoms with Crippen LogP contribution in [-0.4, -0.2) is 21.4 Å². The van der Waals surface area contributed by atoms with Crippen molar-refractivity contribution in [3.8, 4) is 22.6 Å². The fraction of sp³-hybridized carbons (Fsp3) is 0.100. The molecule has 1 N–H and O–H groups in total. The third kappa shape index (κ3) is 3.39. The highest BCUT2D eigenvalue weighted by molar-refractivity contribution is 6.04. The number of hydrogen-bond donors (Lipinski definition) is 1. The summed E-state index contributed by atoms with van der Waals surface area (Å²) >= 11 is 0. The Morgan fingerprint density at radius 2 is 1.71 bits per heavy atom. The van der Waals surface area contributed by atoms with Gasteiger partial charge in [0.25, 0.3) is 5.91 Å². The maximum atomic E-state index is 13.7. The lowest BCUT2D eigenvalue weighted by molar-refractivity contribution is 0.101. The molecule has 0 fully saturated rings. The highest BCUT2D eigenvalue weighted by Crippen LogP contribution is 2.26. The fourth-order valence-corrected chi connectivity index (χ4v) is 2.61. The number of carbonyl (C=O) groups is 1. The molecule has 0 unspecified atom stereocenters. The molecule has 2 heterocycles. The van der Waals surface area contributed by atoms with Crippen LogP contribution < -0.4 is 5.32 Å². The lowest BCUT2D eigenvalue weighted by atomic mass is 10.1. The van der Waals surface area contributed by atoms with Crippen LogP contribution in [0.2, 0.25) is 0 Å². The molecular weight excluding hydrogens is 363 g/mol. The normalized spacial score (nSPS) is 10.8. The molecule has 0 aliphatic carbocycles. The second-order valence-corrected chi connectivity index (χ2v) is 6.32. The van der Waals surface area contributed by atoms with Crippen molar-refractivity contribution in [2.75, 3.05) is 5.32 Å². The van der Waals surface area contributed by atoms with Gasteiger partial charge >= 0.3 is 0 Å². The SMILES string of the molecule is Cc1ccc(-c2nonc2NC(=O)c2cc(-c3ccc(C)c(F)c3)on2)cc1. The van der Waals surface area contributed by atoms with Crippen molar-refractivity contribution >= 4 is 11.7 Å². The van der Waals surface area contributed by atoms with E-state index in [-0.39, 0.29) is 23.1 Å². The molecule has 0 aliphatic heterocycles. The highest BCUT2D eigenvalue weighted by atomic mass is 19.1.